The van der Waals surface area contributed by atoms with E-state index in [0.29, 0.717) is 48.6 Å². The highest BCUT2D eigenvalue weighted by Gasteiger charge is 2.26. The van der Waals surface area contributed by atoms with Crippen molar-refractivity contribution in [3.8, 4) is 28.3 Å². The Morgan fingerprint density at radius 2 is 1.52 bits per heavy atom. The van der Waals surface area contributed by atoms with E-state index in [1.165, 1.54) is 4.31 Å². The molecule has 0 unspecified atom stereocenters. The zero-order valence-electron chi connectivity index (χ0n) is 18.1. The number of benzene rings is 3. The quantitative estimate of drug-likeness (QED) is 0.626. The number of hydrogen-bond donors (Lipinski definition) is 1. The predicted molar refractivity (Wildman–Crippen MR) is 125 cm³/mol. The van der Waals surface area contributed by atoms with Crippen molar-refractivity contribution in [3.05, 3.63) is 77.4 Å². The average molecular weight is 462 g/mol. The highest BCUT2D eigenvalue weighted by atomic mass is 32.2. The summed E-state index contributed by atoms with van der Waals surface area (Å²) in [4.78, 5) is 12.5. The fourth-order valence-electron chi connectivity index (χ4n) is 4.03. The molecule has 0 bridgehead atoms. The summed E-state index contributed by atoms with van der Waals surface area (Å²) in [5.41, 5.74) is 10.4. The van der Waals surface area contributed by atoms with Gasteiger partial charge in [-0.05, 0) is 59.5 Å². The molecule has 1 fully saturated rings. The summed E-state index contributed by atoms with van der Waals surface area (Å²) in [5.74, 6) is -0.579. The van der Waals surface area contributed by atoms with Gasteiger partial charge in [0.2, 0.25) is 15.9 Å². The van der Waals surface area contributed by atoms with Crippen LogP contribution in [0.2, 0.25) is 0 Å². The van der Waals surface area contributed by atoms with Crippen molar-refractivity contribution < 1.29 is 17.9 Å². The summed E-state index contributed by atoms with van der Waals surface area (Å²) in [6.07, 6.45) is 0. The molecular weight excluding hydrogens is 438 g/mol. The van der Waals surface area contributed by atoms with Crippen LogP contribution >= 0.6 is 0 Å². The summed E-state index contributed by atoms with van der Waals surface area (Å²) in [6.45, 7) is 3.30. The molecule has 1 amide bonds. The van der Waals surface area contributed by atoms with Gasteiger partial charge >= 0.3 is 0 Å². The first-order valence-electron chi connectivity index (χ1n) is 10.4. The zero-order valence-corrected chi connectivity index (χ0v) is 18.9. The van der Waals surface area contributed by atoms with Gasteiger partial charge in [-0.2, -0.15) is 9.57 Å². The zero-order chi connectivity index (χ0) is 23.6. The van der Waals surface area contributed by atoms with Crippen molar-refractivity contribution in [1.29, 1.82) is 5.26 Å². The number of rotatable bonds is 5. The maximum absolute atomic E-state index is 13.0. The first-order chi connectivity index (χ1) is 15.8. The van der Waals surface area contributed by atoms with Gasteiger partial charge in [0.05, 0.1) is 29.7 Å². The first kappa shape index (κ1) is 22.7. The van der Waals surface area contributed by atoms with Crippen molar-refractivity contribution in [2.45, 2.75) is 11.8 Å². The molecule has 1 aliphatic heterocycles. The number of nitrogens with zero attached hydrogens (tertiary/aromatic N) is 2. The van der Waals surface area contributed by atoms with E-state index >= 15 is 0 Å². The van der Waals surface area contributed by atoms with Crippen LogP contribution in [0.15, 0.2) is 65.6 Å². The summed E-state index contributed by atoms with van der Waals surface area (Å²) in [5, 5.41) is 9.12. The predicted octanol–water partition coefficient (Wildman–Crippen LogP) is 3.32. The van der Waals surface area contributed by atoms with Crippen LogP contribution in [0, 0.1) is 18.3 Å². The monoisotopic (exact) mass is 461 g/mol. The molecule has 8 heteroatoms. The van der Waals surface area contributed by atoms with Crippen molar-refractivity contribution >= 4 is 15.9 Å². The van der Waals surface area contributed by atoms with E-state index in [0.717, 1.165) is 16.7 Å². The highest BCUT2D eigenvalue weighted by molar-refractivity contribution is 7.89. The smallest absolute Gasteiger partial charge is 0.249 e. The van der Waals surface area contributed by atoms with Crippen LogP contribution in [-0.2, 0) is 14.8 Å². The maximum Gasteiger partial charge on any atom is 0.249 e. The Morgan fingerprint density at radius 1 is 0.939 bits per heavy atom. The minimum Gasteiger partial charge on any atom is -0.379 e. The Balaban J connectivity index is 1.83. The minimum atomic E-state index is -3.63. The molecule has 1 saturated heterocycles. The Labute approximate surface area is 193 Å². The minimum absolute atomic E-state index is 0.182. The standard InChI is InChI=1S/C25H23N3O4S/c1-17-2-11-22(25(27)29)24(23(17)19-5-3-18(16-26)4-6-19)20-7-9-21(10-8-20)33(30,31)28-12-14-32-15-13-28/h2-11H,12-15H2,1H3,(H2,27,29). The first-order valence-corrected chi connectivity index (χ1v) is 11.9. The number of nitrogens with two attached hydrogens (primary N) is 1. The van der Waals surface area contributed by atoms with Crippen LogP contribution in [0.3, 0.4) is 0 Å². The molecule has 0 radical (unpaired) electrons. The van der Waals surface area contributed by atoms with Gasteiger partial charge in [0.25, 0.3) is 0 Å². The molecular formula is C25H23N3O4S. The molecule has 0 atom stereocenters. The number of carbonyl (C=O) groups excluding carboxylic acids is 1. The van der Waals surface area contributed by atoms with E-state index in [4.69, 9.17) is 15.7 Å². The molecule has 168 valence electrons. The van der Waals surface area contributed by atoms with E-state index in [9.17, 15) is 13.2 Å². The van der Waals surface area contributed by atoms with Crippen molar-refractivity contribution in [3.63, 3.8) is 0 Å². The van der Waals surface area contributed by atoms with Gasteiger partial charge in [-0.25, -0.2) is 8.42 Å². The van der Waals surface area contributed by atoms with E-state index in [1.807, 2.05) is 25.1 Å². The lowest BCUT2D eigenvalue weighted by molar-refractivity contribution is 0.0730. The number of hydrogen-bond acceptors (Lipinski definition) is 5. The number of carbonyl (C=O) groups is 1. The van der Waals surface area contributed by atoms with Gasteiger partial charge in [-0.15, -0.1) is 0 Å². The maximum atomic E-state index is 13.0. The normalized spacial score (nSPS) is 14.5. The van der Waals surface area contributed by atoms with Crippen molar-refractivity contribution in [2.24, 2.45) is 5.73 Å². The van der Waals surface area contributed by atoms with Crippen LogP contribution in [0.1, 0.15) is 21.5 Å². The average Bonchev–Trinajstić information content (AvgIpc) is 2.84. The number of aryl methyl sites for hydroxylation is 1. The van der Waals surface area contributed by atoms with Crippen molar-refractivity contribution in [1.82, 2.24) is 4.31 Å². The topological polar surface area (TPSA) is 113 Å². The Kier molecular flexibility index (Phi) is 6.29. The Hall–Kier alpha value is -3.51. The van der Waals surface area contributed by atoms with Crippen LogP contribution in [0.25, 0.3) is 22.3 Å². The largest absolute Gasteiger partial charge is 0.379 e. The molecule has 3 aromatic carbocycles. The number of sulfonamides is 1. The molecule has 0 saturated carbocycles. The summed E-state index contributed by atoms with van der Waals surface area (Å²) < 4.78 is 32.6. The lowest BCUT2D eigenvalue weighted by atomic mass is 9.87. The van der Waals surface area contributed by atoms with Gasteiger partial charge < -0.3 is 10.5 Å². The second kappa shape index (κ2) is 9.16. The number of morpholine rings is 1. The van der Waals surface area contributed by atoms with Crippen LogP contribution < -0.4 is 5.73 Å². The molecule has 7 nitrogen and oxygen atoms in total. The molecule has 2 N–H and O–H groups in total. The van der Waals surface area contributed by atoms with E-state index in [1.54, 1.807) is 42.5 Å². The number of primary amides is 1. The Bertz CT molecular complexity index is 1340. The molecule has 1 aliphatic rings. The number of ether oxygens (including phenoxy) is 1. The molecule has 3 aromatic rings. The number of nitriles is 1. The molecule has 4 rings (SSSR count). The third-order valence-corrected chi connectivity index (χ3v) is 7.65. The van der Waals surface area contributed by atoms with Crippen LogP contribution in [-0.4, -0.2) is 44.9 Å². The molecule has 0 aliphatic carbocycles. The van der Waals surface area contributed by atoms with Gasteiger partial charge in [-0.3, -0.25) is 4.79 Å². The lowest BCUT2D eigenvalue weighted by Gasteiger charge is -2.26. The fraction of sp³-hybridized carbons (Fsp3) is 0.200. The van der Waals surface area contributed by atoms with Gasteiger partial charge in [0, 0.05) is 24.2 Å². The van der Waals surface area contributed by atoms with Gasteiger partial charge in [-0.1, -0.05) is 30.3 Å². The molecule has 1 heterocycles. The summed E-state index contributed by atoms with van der Waals surface area (Å²) in [6, 6.07) is 19.2. The van der Waals surface area contributed by atoms with E-state index in [2.05, 4.69) is 6.07 Å². The third-order valence-electron chi connectivity index (χ3n) is 5.73. The molecule has 0 aromatic heterocycles. The lowest BCUT2D eigenvalue weighted by Crippen LogP contribution is -2.40. The van der Waals surface area contributed by atoms with Crippen LogP contribution in [0.5, 0.6) is 0 Å². The van der Waals surface area contributed by atoms with Gasteiger partial charge in [0.15, 0.2) is 0 Å². The highest BCUT2D eigenvalue weighted by Crippen LogP contribution is 2.38. The van der Waals surface area contributed by atoms with Crippen LogP contribution in [0.4, 0.5) is 0 Å². The second-order valence-corrected chi connectivity index (χ2v) is 9.71. The van der Waals surface area contributed by atoms with Crippen molar-refractivity contribution in [2.75, 3.05) is 26.3 Å². The van der Waals surface area contributed by atoms with E-state index < -0.39 is 15.9 Å². The molecule has 0 spiro atoms. The second-order valence-electron chi connectivity index (χ2n) is 7.77. The Morgan fingerprint density at radius 3 is 2.09 bits per heavy atom. The third kappa shape index (κ3) is 4.39. The summed E-state index contributed by atoms with van der Waals surface area (Å²) in [7, 11) is -3.63. The van der Waals surface area contributed by atoms with Gasteiger partial charge in [0.1, 0.15) is 0 Å². The molecule has 33 heavy (non-hydrogen) atoms. The van der Waals surface area contributed by atoms with E-state index in [-0.39, 0.29) is 4.90 Å². The number of amides is 1. The SMILES string of the molecule is Cc1ccc(C(N)=O)c(-c2ccc(S(=O)(=O)N3CCOCC3)cc2)c1-c1ccc(C#N)cc1. The summed E-state index contributed by atoms with van der Waals surface area (Å²) >= 11 is 0. The fourth-order valence-corrected chi connectivity index (χ4v) is 5.43.